The summed E-state index contributed by atoms with van der Waals surface area (Å²) in [6, 6.07) is 6.66. The number of benzene rings is 1. The molecule has 0 unspecified atom stereocenters. The normalized spacial score (nSPS) is 9.23. The van der Waals surface area contributed by atoms with E-state index in [1.54, 1.807) is 24.3 Å². The van der Waals surface area contributed by atoms with Crippen LogP contribution in [0.25, 0.3) is 0 Å². The molecule has 0 aliphatic carbocycles. The highest BCUT2D eigenvalue weighted by molar-refractivity contribution is 5.88. The molecule has 0 aliphatic rings. The fourth-order valence-corrected chi connectivity index (χ4v) is 0.952. The molecule has 0 aromatic heterocycles. The van der Waals surface area contributed by atoms with Crippen molar-refractivity contribution in [3.8, 4) is 0 Å². The molecule has 0 atom stereocenters. The first-order chi connectivity index (χ1) is 6.24. The van der Waals surface area contributed by atoms with Crippen LogP contribution in [0.15, 0.2) is 36.9 Å². The fourth-order valence-electron chi connectivity index (χ4n) is 0.952. The average Bonchev–Trinajstić information content (AvgIpc) is 2.15. The van der Waals surface area contributed by atoms with E-state index in [0.717, 1.165) is 5.69 Å². The van der Waals surface area contributed by atoms with Crippen molar-refractivity contribution < 1.29 is 9.90 Å². The van der Waals surface area contributed by atoms with Crippen molar-refractivity contribution in [3.05, 3.63) is 42.5 Å². The van der Waals surface area contributed by atoms with Gasteiger partial charge in [0.25, 0.3) is 0 Å². The second kappa shape index (κ2) is 4.30. The van der Waals surface area contributed by atoms with Crippen LogP contribution in [0.3, 0.4) is 0 Å². The molecule has 0 aliphatic heterocycles. The molecule has 2 N–H and O–H groups in total. The van der Waals surface area contributed by atoms with Crippen molar-refractivity contribution in [2.24, 2.45) is 0 Å². The Kier molecular flexibility index (Phi) is 3.09. The zero-order valence-electron chi connectivity index (χ0n) is 7.16. The van der Waals surface area contributed by atoms with Crippen LogP contribution in [0.5, 0.6) is 0 Å². The molecular formula is C10H11NO2. The van der Waals surface area contributed by atoms with E-state index in [-0.39, 0.29) is 5.56 Å². The molecule has 0 amide bonds. The number of nitrogens with one attached hydrogen (secondary N) is 1. The van der Waals surface area contributed by atoms with Crippen LogP contribution in [0.2, 0.25) is 0 Å². The number of carboxylic acid groups (broad SMARTS) is 1. The molecule has 68 valence electrons. The predicted octanol–water partition coefficient (Wildman–Crippen LogP) is 1.98. The minimum Gasteiger partial charge on any atom is -0.478 e. The minimum absolute atomic E-state index is 0.286. The van der Waals surface area contributed by atoms with Crippen molar-refractivity contribution >= 4 is 11.7 Å². The monoisotopic (exact) mass is 177 g/mol. The van der Waals surface area contributed by atoms with Gasteiger partial charge in [0, 0.05) is 12.2 Å². The zero-order chi connectivity index (χ0) is 9.68. The number of carbonyl (C=O) groups is 1. The Morgan fingerprint density at radius 1 is 1.62 bits per heavy atom. The number of hydrogen-bond acceptors (Lipinski definition) is 2. The maximum atomic E-state index is 10.6. The van der Waals surface area contributed by atoms with Gasteiger partial charge in [0.15, 0.2) is 0 Å². The molecule has 0 radical (unpaired) electrons. The van der Waals surface area contributed by atoms with Crippen LogP contribution in [0.4, 0.5) is 5.69 Å². The van der Waals surface area contributed by atoms with Crippen LogP contribution >= 0.6 is 0 Å². The van der Waals surface area contributed by atoms with E-state index in [1.165, 1.54) is 0 Å². The molecule has 0 bridgehead atoms. The highest BCUT2D eigenvalue weighted by Crippen LogP contribution is 2.09. The van der Waals surface area contributed by atoms with Gasteiger partial charge in [-0.15, -0.1) is 6.58 Å². The van der Waals surface area contributed by atoms with E-state index in [0.29, 0.717) is 6.54 Å². The van der Waals surface area contributed by atoms with E-state index in [2.05, 4.69) is 11.9 Å². The van der Waals surface area contributed by atoms with Gasteiger partial charge in [-0.3, -0.25) is 0 Å². The van der Waals surface area contributed by atoms with E-state index < -0.39 is 5.97 Å². The lowest BCUT2D eigenvalue weighted by Gasteiger charge is -2.03. The lowest BCUT2D eigenvalue weighted by molar-refractivity contribution is 0.0697. The Morgan fingerprint density at radius 2 is 2.38 bits per heavy atom. The van der Waals surface area contributed by atoms with Crippen LogP contribution in [0, 0.1) is 0 Å². The maximum Gasteiger partial charge on any atom is 0.335 e. The number of rotatable bonds is 4. The van der Waals surface area contributed by atoms with Gasteiger partial charge in [0.05, 0.1) is 5.56 Å². The van der Waals surface area contributed by atoms with Gasteiger partial charge in [0.2, 0.25) is 0 Å². The van der Waals surface area contributed by atoms with Crippen LogP contribution in [-0.2, 0) is 0 Å². The molecule has 3 heteroatoms. The van der Waals surface area contributed by atoms with E-state index in [1.807, 2.05) is 6.07 Å². The zero-order valence-corrected chi connectivity index (χ0v) is 7.16. The second-order valence-corrected chi connectivity index (χ2v) is 2.56. The summed E-state index contributed by atoms with van der Waals surface area (Å²) in [5.41, 5.74) is 1.08. The summed E-state index contributed by atoms with van der Waals surface area (Å²) in [6.07, 6.45) is 1.72. The van der Waals surface area contributed by atoms with E-state index in [4.69, 9.17) is 5.11 Å². The number of aromatic carboxylic acids is 1. The van der Waals surface area contributed by atoms with Crippen LogP contribution in [-0.4, -0.2) is 17.6 Å². The Morgan fingerprint density at radius 3 is 3.00 bits per heavy atom. The molecule has 3 nitrogen and oxygen atoms in total. The lowest BCUT2D eigenvalue weighted by Crippen LogP contribution is -2.00. The molecule has 0 fully saturated rings. The summed E-state index contributed by atoms with van der Waals surface area (Å²) in [4.78, 5) is 10.6. The highest BCUT2D eigenvalue weighted by atomic mass is 16.4. The SMILES string of the molecule is C=CCNc1cccc(C(=O)O)c1. The minimum atomic E-state index is -0.915. The molecule has 0 heterocycles. The topological polar surface area (TPSA) is 49.3 Å². The third kappa shape index (κ3) is 2.63. The summed E-state index contributed by atoms with van der Waals surface area (Å²) in [5, 5.41) is 11.7. The summed E-state index contributed by atoms with van der Waals surface area (Å²) in [7, 11) is 0. The Hall–Kier alpha value is -1.77. The maximum absolute atomic E-state index is 10.6. The Labute approximate surface area is 76.7 Å². The van der Waals surface area contributed by atoms with Crippen molar-refractivity contribution in [1.82, 2.24) is 0 Å². The Balaban J connectivity index is 2.79. The molecule has 1 aromatic rings. The van der Waals surface area contributed by atoms with Crippen molar-refractivity contribution in [3.63, 3.8) is 0 Å². The number of hydrogen-bond donors (Lipinski definition) is 2. The number of anilines is 1. The van der Waals surface area contributed by atoms with Crippen molar-refractivity contribution in [2.75, 3.05) is 11.9 Å². The van der Waals surface area contributed by atoms with Crippen LogP contribution in [0.1, 0.15) is 10.4 Å². The standard InChI is InChI=1S/C10H11NO2/c1-2-6-11-9-5-3-4-8(7-9)10(12)13/h2-5,7,11H,1,6H2,(H,12,13). The molecule has 1 aromatic carbocycles. The summed E-state index contributed by atoms with van der Waals surface area (Å²) >= 11 is 0. The largest absolute Gasteiger partial charge is 0.478 e. The molecule has 0 saturated heterocycles. The summed E-state index contributed by atoms with van der Waals surface area (Å²) in [5.74, 6) is -0.915. The highest BCUT2D eigenvalue weighted by Gasteiger charge is 2.01. The first-order valence-corrected chi connectivity index (χ1v) is 3.92. The fraction of sp³-hybridized carbons (Fsp3) is 0.100. The summed E-state index contributed by atoms with van der Waals surface area (Å²) < 4.78 is 0. The first kappa shape index (κ1) is 9.32. The predicted molar refractivity (Wildman–Crippen MR) is 52.1 cm³/mol. The van der Waals surface area contributed by atoms with Gasteiger partial charge in [-0.05, 0) is 18.2 Å². The van der Waals surface area contributed by atoms with Gasteiger partial charge in [-0.25, -0.2) is 4.79 Å². The summed E-state index contributed by atoms with van der Waals surface area (Å²) in [6.45, 7) is 4.18. The molecule has 0 saturated carbocycles. The van der Waals surface area contributed by atoms with E-state index in [9.17, 15) is 4.79 Å². The van der Waals surface area contributed by atoms with Gasteiger partial charge in [-0.1, -0.05) is 12.1 Å². The molecule has 13 heavy (non-hydrogen) atoms. The average molecular weight is 177 g/mol. The van der Waals surface area contributed by atoms with Gasteiger partial charge in [-0.2, -0.15) is 0 Å². The smallest absolute Gasteiger partial charge is 0.335 e. The first-order valence-electron chi connectivity index (χ1n) is 3.92. The third-order valence-corrected chi connectivity index (χ3v) is 1.56. The number of carboxylic acids is 1. The van der Waals surface area contributed by atoms with Gasteiger partial charge >= 0.3 is 5.97 Å². The van der Waals surface area contributed by atoms with Gasteiger partial charge < -0.3 is 10.4 Å². The molecule has 0 spiro atoms. The Bertz CT molecular complexity index is 320. The lowest BCUT2D eigenvalue weighted by atomic mass is 10.2. The van der Waals surface area contributed by atoms with Crippen molar-refractivity contribution in [1.29, 1.82) is 0 Å². The quantitative estimate of drug-likeness (QED) is 0.691. The van der Waals surface area contributed by atoms with E-state index >= 15 is 0 Å². The molecule has 1 rings (SSSR count). The second-order valence-electron chi connectivity index (χ2n) is 2.56. The van der Waals surface area contributed by atoms with Gasteiger partial charge in [0.1, 0.15) is 0 Å². The van der Waals surface area contributed by atoms with Crippen LogP contribution < -0.4 is 5.32 Å². The van der Waals surface area contributed by atoms with Crippen molar-refractivity contribution in [2.45, 2.75) is 0 Å². The third-order valence-electron chi connectivity index (χ3n) is 1.56. The molecular weight excluding hydrogens is 166 g/mol.